The van der Waals surface area contributed by atoms with Crippen LogP contribution in [0, 0.1) is 27.7 Å². The third kappa shape index (κ3) is 4.68. The number of hydrogen-bond acceptors (Lipinski definition) is 5. The molecule has 186 valence electrons. The summed E-state index contributed by atoms with van der Waals surface area (Å²) in [5.41, 5.74) is 4.94. The Kier molecular flexibility index (Phi) is 7.22. The van der Waals surface area contributed by atoms with Gasteiger partial charge in [0.15, 0.2) is 5.78 Å². The summed E-state index contributed by atoms with van der Waals surface area (Å²) in [6, 6.07) is 6.01. The maximum atomic E-state index is 13.3. The second-order valence-electron chi connectivity index (χ2n) is 9.78. The zero-order valence-electron chi connectivity index (χ0n) is 21.1. The number of ketones is 1. The summed E-state index contributed by atoms with van der Waals surface area (Å²) in [4.78, 5) is 15.4. The minimum atomic E-state index is -3.67. The summed E-state index contributed by atoms with van der Waals surface area (Å²) in [6.07, 6.45) is 4.88. The third-order valence-electron chi connectivity index (χ3n) is 7.57. The van der Waals surface area contributed by atoms with Crippen LogP contribution in [0.3, 0.4) is 0 Å². The molecule has 1 aliphatic heterocycles. The lowest BCUT2D eigenvalue weighted by Gasteiger charge is -2.33. The normalized spacial score (nSPS) is 18.5. The van der Waals surface area contributed by atoms with Crippen molar-refractivity contribution in [2.45, 2.75) is 64.3 Å². The van der Waals surface area contributed by atoms with Crippen molar-refractivity contribution in [1.82, 2.24) is 13.8 Å². The van der Waals surface area contributed by atoms with Crippen LogP contribution in [0.2, 0.25) is 0 Å². The third-order valence-corrected chi connectivity index (χ3v) is 9.49. The van der Waals surface area contributed by atoms with Crippen LogP contribution in [0.1, 0.15) is 64.6 Å². The van der Waals surface area contributed by atoms with E-state index in [9.17, 15) is 13.2 Å². The zero-order chi connectivity index (χ0) is 24.6. The molecule has 1 aromatic heterocycles. The summed E-state index contributed by atoms with van der Waals surface area (Å²) in [5.74, 6) is 0.489. The van der Waals surface area contributed by atoms with E-state index in [1.807, 2.05) is 19.9 Å². The highest BCUT2D eigenvalue weighted by molar-refractivity contribution is 7.89. The molecule has 2 aliphatic rings. The Balaban J connectivity index is 1.42. The number of methoxy groups -OCH3 is 1. The highest BCUT2D eigenvalue weighted by Crippen LogP contribution is 2.34. The molecule has 0 atom stereocenters. The number of sulfonamides is 1. The zero-order valence-corrected chi connectivity index (χ0v) is 21.9. The summed E-state index contributed by atoms with van der Waals surface area (Å²) < 4.78 is 35.9. The van der Waals surface area contributed by atoms with Crippen molar-refractivity contribution >= 4 is 15.8 Å². The Hall–Kier alpha value is -2.16. The Morgan fingerprint density at radius 1 is 0.971 bits per heavy atom. The van der Waals surface area contributed by atoms with Gasteiger partial charge in [0.1, 0.15) is 10.6 Å². The molecule has 1 aromatic carbocycles. The number of ether oxygens (including phenoxy) is 1. The quantitative estimate of drug-likeness (QED) is 0.552. The first-order valence-electron chi connectivity index (χ1n) is 12.2. The molecule has 0 N–H and O–H groups in total. The number of nitrogens with zero attached hydrogens (tertiary/aromatic N) is 3. The van der Waals surface area contributed by atoms with Crippen molar-refractivity contribution in [2.75, 3.05) is 39.8 Å². The molecular weight excluding hydrogens is 450 g/mol. The molecule has 7 nitrogen and oxygen atoms in total. The van der Waals surface area contributed by atoms with E-state index < -0.39 is 10.0 Å². The van der Waals surface area contributed by atoms with E-state index in [-0.39, 0.29) is 10.7 Å². The molecule has 2 aromatic rings. The first-order valence-corrected chi connectivity index (χ1v) is 13.7. The van der Waals surface area contributed by atoms with E-state index in [0.717, 1.165) is 28.1 Å². The van der Waals surface area contributed by atoms with Gasteiger partial charge in [0.25, 0.3) is 0 Å². The minimum absolute atomic E-state index is 0.115. The molecule has 2 heterocycles. The second kappa shape index (κ2) is 9.84. The van der Waals surface area contributed by atoms with Crippen LogP contribution in [0.15, 0.2) is 23.1 Å². The van der Waals surface area contributed by atoms with Gasteiger partial charge in [-0.2, -0.15) is 4.31 Å². The molecule has 1 aliphatic carbocycles. The smallest absolute Gasteiger partial charge is 0.246 e. The summed E-state index contributed by atoms with van der Waals surface area (Å²) >= 11 is 0. The van der Waals surface area contributed by atoms with Gasteiger partial charge in [0.2, 0.25) is 10.0 Å². The number of carbonyl (C=O) groups is 1. The number of aryl methyl sites for hydroxylation is 3. The van der Waals surface area contributed by atoms with Crippen LogP contribution in [-0.2, 0) is 10.0 Å². The Labute approximate surface area is 203 Å². The number of carbonyl (C=O) groups excluding carboxylic acids is 1. The molecule has 1 saturated carbocycles. The molecule has 34 heavy (non-hydrogen) atoms. The fourth-order valence-electron chi connectivity index (χ4n) is 5.46. The molecule has 0 bridgehead atoms. The molecule has 2 fully saturated rings. The van der Waals surface area contributed by atoms with Crippen molar-refractivity contribution in [3.05, 3.63) is 46.3 Å². The number of aromatic nitrogens is 1. The van der Waals surface area contributed by atoms with Gasteiger partial charge in [-0.05, 0) is 69.9 Å². The van der Waals surface area contributed by atoms with Crippen molar-refractivity contribution in [2.24, 2.45) is 0 Å². The first-order chi connectivity index (χ1) is 16.1. The van der Waals surface area contributed by atoms with E-state index in [1.165, 1.54) is 37.1 Å². The average Bonchev–Trinajstić information content (AvgIpc) is 3.43. The van der Waals surface area contributed by atoms with Gasteiger partial charge in [0, 0.05) is 49.2 Å². The lowest BCUT2D eigenvalue weighted by atomic mass is 10.1. The van der Waals surface area contributed by atoms with Crippen molar-refractivity contribution < 1.29 is 17.9 Å². The second-order valence-corrected chi connectivity index (χ2v) is 11.7. The largest absolute Gasteiger partial charge is 0.495 e. The Morgan fingerprint density at radius 3 is 2.21 bits per heavy atom. The number of rotatable bonds is 7. The lowest BCUT2D eigenvalue weighted by Crippen LogP contribution is -2.49. The predicted octanol–water partition coefficient (Wildman–Crippen LogP) is 4.03. The molecule has 4 rings (SSSR count). The van der Waals surface area contributed by atoms with Crippen LogP contribution in [-0.4, -0.2) is 67.8 Å². The van der Waals surface area contributed by atoms with Crippen LogP contribution < -0.4 is 4.74 Å². The van der Waals surface area contributed by atoms with Gasteiger partial charge in [-0.15, -0.1) is 0 Å². The molecule has 0 unspecified atom stereocenters. The highest BCUT2D eigenvalue weighted by Gasteiger charge is 2.32. The van der Waals surface area contributed by atoms with E-state index in [1.54, 1.807) is 12.1 Å². The number of Topliss-reactive ketones (excluding diaryl/α,β-unsaturated/α-hetero) is 1. The van der Waals surface area contributed by atoms with Crippen molar-refractivity contribution in [3.63, 3.8) is 0 Å². The van der Waals surface area contributed by atoms with E-state index in [0.29, 0.717) is 44.5 Å². The van der Waals surface area contributed by atoms with E-state index in [4.69, 9.17) is 4.74 Å². The number of benzene rings is 1. The summed E-state index contributed by atoms with van der Waals surface area (Å²) in [7, 11) is -2.18. The first kappa shape index (κ1) is 24.9. The van der Waals surface area contributed by atoms with Gasteiger partial charge in [0.05, 0.1) is 13.7 Å². The van der Waals surface area contributed by atoms with Crippen LogP contribution in [0.25, 0.3) is 0 Å². The highest BCUT2D eigenvalue weighted by atomic mass is 32.2. The Bertz CT molecular complexity index is 1170. The maximum absolute atomic E-state index is 13.3. The predicted molar refractivity (Wildman–Crippen MR) is 133 cm³/mol. The maximum Gasteiger partial charge on any atom is 0.246 e. The fraction of sp³-hybridized carbons (Fsp3) is 0.577. The molecular formula is C26H37N3O4S. The molecule has 1 saturated heterocycles. The molecule has 0 spiro atoms. The summed E-state index contributed by atoms with van der Waals surface area (Å²) in [6.45, 7) is 10.1. The topological polar surface area (TPSA) is 71.9 Å². The van der Waals surface area contributed by atoms with E-state index >= 15 is 0 Å². The van der Waals surface area contributed by atoms with Gasteiger partial charge in [-0.3, -0.25) is 9.69 Å². The Morgan fingerprint density at radius 2 is 1.59 bits per heavy atom. The van der Waals surface area contributed by atoms with E-state index in [2.05, 4.69) is 23.3 Å². The minimum Gasteiger partial charge on any atom is -0.495 e. The van der Waals surface area contributed by atoms with Gasteiger partial charge in [-0.25, -0.2) is 8.42 Å². The summed E-state index contributed by atoms with van der Waals surface area (Å²) in [5, 5.41) is 0. The SMILES string of the molecule is COc1cc(C)c(C)cc1S(=O)(=O)N1CCN(CC(=O)c2cc(C)n(C3CCCC3)c2C)CC1. The number of piperazine rings is 1. The van der Waals surface area contributed by atoms with Gasteiger partial charge in [-0.1, -0.05) is 12.8 Å². The fourth-order valence-corrected chi connectivity index (χ4v) is 7.11. The molecule has 8 heteroatoms. The van der Waals surface area contributed by atoms with Crippen LogP contribution >= 0.6 is 0 Å². The lowest BCUT2D eigenvalue weighted by molar-refractivity contribution is 0.0901. The van der Waals surface area contributed by atoms with Gasteiger partial charge >= 0.3 is 0 Å². The van der Waals surface area contributed by atoms with Crippen molar-refractivity contribution in [3.8, 4) is 5.75 Å². The average molecular weight is 488 g/mol. The van der Waals surface area contributed by atoms with Crippen molar-refractivity contribution in [1.29, 1.82) is 0 Å². The van der Waals surface area contributed by atoms with Gasteiger partial charge < -0.3 is 9.30 Å². The molecule has 0 radical (unpaired) electrons. The number of hydrogen-bond donors (Lipinski definition) is 0. The van der Waals surface area contributed by atoms with Crippen LogP contribution in [0.4, 0.5) is 0 Å². The van der Waals surface area contributed by atoms with Crippen LogP contribution in [0.5, 0.6) is 5.75 Å². The standard InChI is InChI=1S/C26H37N3O4S/c1-18-14-25(33-5)26(15-19(18)2)34(31,32)28-12-10-27(11-13-28)17-24(30)23-16-20(3)29(21(23)4)22-8-6-7-9-22/h14-16,22H,6-13,17H2,1-5H3. The molecule has 0 amide bonds. The monoisotopic (exact) mass is 487 g/mol.